The predicted molar refractivity (Wildman–Crippen MR) is 94.8 cm³/mol. The van der Waals surface area contributed by atoms with Gasteiger partial charge in [-0.15, -0.1) is 12.4 Å². The summed E-state index contributed by atoms with van der Waals surface area (Å²) in [7, 11) is 0. The number of nitrogens with one attached hydrogen (secondary N) is 3. The minimum atomic E-state index is -0.385. The molecule has 1 unspecified atom stereocenters. The summed E-state index contributed by atoms with van der Waals surface area (Å²) in [5, 5.41) is 7.95. The first-order valence-electron chi connectivity index (χ1n) is 7.59. The molecule has 1 rings (SSSR count). The highest BCUT2D eigenvalue weighted by atomic mass is 35.5. The summed E-state index contributed by atoms with van der Waals surface area (Å²) in [5.74, 6) is -0.840. The number of amides is 3. The zero-order valence-electron chi connectivity index (χ0n) is 13.9. The topological polar surface area (TPSA) is 113 Å². The Balaban J connectivity index is 0.00000529. The fraction of sp³-hybridized carbons (Fsp3) is 0.438. The van der Waals surface area contributed by atoms with Crippen LogP contribution in [0.1, 0.15) is 36.2 Å². The molecule has 0 bridgehead atoms. The van der Waals surface area contributed by atoms with E-state index in [1.807, 2.05) is 19.9 Å². The first-order chi connectivity index (χ1) is 11.0. The molecule has 0 saturated heterocycles. The van der Waals surface area contributed by atoms with Crippen molar-refractivity contribution >= 4 is 30.1 Å². The fourth-order valence-corrected chi connectivity index (χ4v) is 1.75. The van der Waals surface area contributed by atoms with Crippen molar-refractivity contribution in [2.45, 2.75) is 32.9 Å². The molecule has 0 fully saturated rings. The average molecular weight is 357 g/mol. The molecule has 24 heavy (non-hydrogen) atoms. The van der Waals surface area contributed by atoms with Crippen LogP contribution in [-0.4, -0.2) is 36.9 Å². The van der Waals surface area contributed by atoms with Gasteiger partial charge in [-0.2, -0.15) is 0 Å². The van der Waals surface area contributed by atoms with E-state index in [2.05, 4.69) is 16.0 Å². The summed E-state index contributed by atoms with van der Waals surface area (Å²) < 4.78 is 0. The molecule has 0 spiro atoms. The molecule has 5 N–H and O–H groups in total. The zero-order chi connectivity index (χ0) is 17.2. The van der Waals surface area contributed by atoms with Crippen molar-refractivity contribution in [2.75, 3.05) is 13.1 Å². The fourth-order valence-electron chi connectivity index (χ4n) is 1.75. The smallest absolute Gasteiger partial charge is 0.251 e. The van der Waals surface area contributed by atoms with Crippen LogP contribution in [0.4, 0.5) is 0 Å². The number of nitrogens with two attached hydrogens (primary N) is 1. The predicted octanol–water partition coefficient (Wildman–Crippen LogP) is 0.328. The van der Waals surface area contributed by atoms with Gasteiger partial charge in [0.15, 0.2) is 0 Å². The second-order valence-electron chi connectivity index (χ2n) is 5.24. The Morgan fingerprint density at radius 2 is 1.88 bits per heavy atom. The van der Waals surface area contributed by atoms with E-state index in [-0.39, 0.29) is 55.8 Å². The molecule has 1 aromatic rings. The Kier molecular flexibility index (Phi) is 10.4. The van der Waals surface area contributed by atoms with E-state index in [9.17, 15) is 14.4 Å². The van der Waals surface area contributed by atoms with Crippen molar-refractivity contribution < 1.29 is 14.4 Å². The first-order valence-corrected chi connectivity index (χ1v) is 7.59. The number of carbonyl (C=O) groups excluding carboxylic acids is 3. The van der Waals surface area contributed by atoms with Crippen LogP contribution in [0.5, 0.6) is 0 Å². The first kappa shape index (κ1) is 21.9. The molecule has 0 aliphatic heterocycles. The Bertz CT molecular complexity index is 566. The maximum atomic E-state index is 12.1. The van der Waals surface area contributed by atoms with E-state index in [0.717, 1.165) is 12.0 Å². The second-order valence-corrected chi connectivity index (χ2v) is 5.24. The Hall–Kier alpha value is -2.12. The van der Waals surface area contributed by atoms with Crippen molar-refractivity contribution in [1.82, 2.24) is 16.0 Å². The van der Waals surface area contributed by atoms with Crippen LogP contribution in [0.15, 0.2) is 24.3 Å². The van der Waals surface area contributed by atoms with E-state index in [1.54, 1.807) is 18.2 Å². The molecule has 1 atom stereocenters. The average Bonchev–Trinajstić information content (AvgIpc) is 2.57. The Morgan fingerprint density at radius 1 is 1.17 bits per heavy atom. The highest BCUT2D eigenvalue weighted by molar-refractivity contribution is 5.94. The van der Waals surface area contributed by atoms with E-state index in [0.29, 0.717) is 5.56 Å². The minimum absolute atomic E-state index is 0. The molecule has 1 aromatic carbocycles. The van der Waals surface area contributed by atoms with Crippen molar-refractivity contribution in [3.8, 4) is 0 Å². The van der Waals surface area contributed by atoms with Gasteiger partial charge in [0.25, 0.3) is 5.91 Å². The van der Waals surface area contributed by atoms with Crippen LogP contribution < -0.4 is 21.7 Å². The quantitative estimate of drug-likeness (QED) is 0.537. The lowest BCUT2D eigenvalue weighted by Gasteiger charge is -2.12. The van der Waals surface area contributed by atoms with Gasteiger partial charge in [0.2, 0.25) is 11.8 Å². The summed E-state index contributed by atoms with van der Waals surface area (Å²) in [6, 6.07) is 7.15. The third kappa shape index (κ3) is 7.94. The summed E-state index contributed by atoms with van der Waals surface area (Å²) >= 11 is 0. The number of rotatable bonds is 8. The molecule has 7 nitrogen and oxygen atoms in total. The van der Waals surface area contributed by atoms with Crippen LogP contribution in [-0.2, 0) is 16.1 Å². The molecule has 0 saturated carbocycles. The summed E-state index contributed by atoms with van der Waals surface area (Å²) in [6.45, 7) is 3.95. The second kappa shape index (κ2) is 11.4. The highest BCUT2D eigenvalue weighted by Gasteiger charge is 2.09. The van der Waals surface area contributed by atoms with Crippen LogP contribution >= 0.6 is 12.4 Å². The van der Waals surface area contributed by atoms with Crippen LogP contribution in [0.3, 0.4) is 0 Å². The van der Waals surface area contributed by atoms with Gasteiger partial charge in [0, 0.05) is 18.2 Å². The molecular weight excluding hydrogens is 332 g/mol. The lowest BCUT2D eigenvalue weighted by Crippen LogP contribution is -2.39. The number of benzene rings is 1. The van der Waals surface area contributed by atoms with Crippen molar-refractivity contribution in [3.63, 3.8) is 0 Å². The van der Waals surface area contributed by atoms with Gasteiger partial charge >= 0.3 is 0 Å². The summed E-state index contributed by atoms with van der Waals surface area (Å²) in [6.07, 6.45) is 0.857. The standard InChI is InChI=1S/C16H24N4O3.ClH/c1-3-11(2)20-16(23)13-6-4-5-12(7-13)9-18-15(22)10-19-14(21)8-17;/h4-7,11H,3,8-10,17H2,1-2H3,(H,18,22)(H,19,21)(H,20,23);1H. The SMILES string of the molecule is CCC(C)NC(=O)c1cccc(CNC(=O)CNC(=O)CN)c1.Cl. The summed E-state index contributed by atoms with van der Waals surface area (Å²) in [4.78, 5) is 34.6. The van der Waals surface area contributed by atoms with Gasteiger partial charge in [-0.25, -0.2) is 0 Å². The number of hydrogen-bond acceptors (Lipinski definition) is 4. The van der Waals surface area contributed by atoms with Gasteiger partial charge in [0.1, 0.15) is 0 Å². The molecule has 0 aliphatic carbocycles. The molecule has 8 heteroatoms. The molecular formula is C16H25ClN4O3. The van der Waals surface area contributed by atoms with Gasteiger partial charge in [-0.3, -0.25) is 14.4 Å². The number of carbonyl (C=O) groups is 3. The van der Waals surface area contributed by atoms with Crippen molar-refractivity contribution in [3.05, 3.63) is 35.4 Å². The largest absolute Gasteiger partial charge is 0.350 e. The highest BCUT2D eigenvalue weighted by Crippen LogP contribution is 2.06. The normalized spacial score (nSPS) is 11.0. The van der Waals surface area contributed by atoms with E-state index >= 15 is 0 Å². The third-order valence-corrected chi connectivity index (χ3v) is 3.30. The number of halogens is 1. The van der Waals surface area contributed by atoms with Crippen molar-refractivity contribution in [1.29, 1.82) is 0 Å². The molecule has 3 amide bonds. The van der Waals surface area contributed by atoms with Gasteiger partial charge in [0.05, 0.1) is 13.1 Å². The lowest BCUT2D eigenvalue weighted by atomic mass is 10.1. The monoisotopic (exact) mass is 356 g/mol. The molecule has 0 radical (unpaired) electrons. The lowest BCUT2D eigenvalue weighted by molar-refractivity contribution is -0.125. The minimum Gasteiger partial charge on any atom is -0.350 e. The maximum Gasteiger partial charge on any atom is 0.251 e. The van der Waals surface area contributed by atoms with Gasteiger partial charge in [-0.1, -0.05) is 19.1 Å². The van der Waals surface area contributed by atoms with E-state index in [1.165, 1.54) is 0 Å². The Labute approximate surface area is 148 Å². The van der Waals surface area contributed by atoms with Crippen molar-refractivity contribution in [2.24, 2.45) is 5.73 Å². The summed E-state index contributed by atoms with van der Waals surface area (Å²) in [5.41, 5.74) is 6.49. The van der Waals surface area contributed by atoms with Crippen LogP contribution in [0, 0.1) is 0 Å². The van der Waals surface area contributed by atoms with Gasteiger partial charge in [-0.05, 0) is 31.0 Å². The third-order valence-electron chi connectivity index (χ3n) is 3.30. The molecule has 0 aliphatic rings. The zero-order valence-corrected chi connectivity index (χ0v) is 14.7. The van der Waals surface area contributed by atoms with E-state index < -0.39 is 0 Å². The Morgan fingerprint density at radius 3 is 2.50 bits per heavy atom. The van der Waals surface area contributed by atoms with Crippen LogP contribution in [0.2, 0.25) is 0 Å². The number of hydrogen-bond donors (Lipinski definition) is 4. The van der Waals surface area contributed by atoms with Gasteiger partial charge < -0.3 is 21.7 Å². The molecule has 0 heterocycles. The molecule has 134 valence electrons. The van der Waals surface area contributed by atoms with E-state index in [4.69, 9.17) is 5.73 Å². The van der Waals surface area contributed by atoms with Crippen LogP contribution in [0.25, 0.3) is 0 Å². The maximum absolute atomic E-state index is 12.1. The molecule has 0 aromatic heterocycles.